The summed E-state index contributed by atoms with van der Waals surface area (Å²) in [6.07, 6.45) is -2.98. The van der Waals surface area contributed by atoms with Crippen LogP contribution in [-0.4, -0.2) is 71.7 Å². The van der Waals surface area contributed by atoms with Gasteiger partial charge in [-0.3, -0.25) is 4.57 Å². The third-order valence-corrected chi connectivity index (χ3v) is 4.96. The van der Waals surface area contributed by atoms with Crippen molar-refractivity contribution in [2.45, 2.75) is 28.6 Å². The number of anilines is 1. The molecule has 0 radical (unpaired) electrons. The van der Waals surface area contributed by atoms with Gasteiger partial charge in [-0.05, 0) is 11.8 Å². The van der Waals surface area contributed by atoms with E-state index in [1.54, 1.807) is 0 Å². The molecule has 0 unspecified atom stereocenters. The second kappa shape index (κ2) is 6.25. The van der Waals surface area contributed by atoms with Crippen molar-refractivity contribution in [2.24, 2.45) is 0 Å². The highest BCUT2D eigenvalue weighted by Crippen LogP contribution is 2.52. The Morgan fingerprint density at radius 3 is 2.68 bits per heavy atom. The highest BCUT2D eigenvalue weighted by Gasteiger charge is 2.61. The number of alkyl halides is 3. The Hall–Kier alpha value is -1.67. The van der Waals surface area contributed by atoms with Crippen LogP contribution in [0.1, 0.15) is 0 Å². The smallest absolute Gasteiger partial charge is 0.326 e. The van der Waals surface area contributed by atoms with Crippen molar-refractivity contribution in [3.8, 4) is 0 Å². The summed E-state index contributed by atoms with van der Waals surface area (Å²) >= 11 is -0.364. The number of nitrogens with zero attached hydrogens (tertiary/aromatic N) is 4. The molecule has 4 atom stereocenters. The number of aromatic nitrogens is 4. The summed E-state index contributed by atoms with van der Waals surface area (Å²) in [5.41, 5.74) is 5.62. The minimum atomic E-state index is -3.96. The lowest BCUT2D eigenvalue weighted by atomic mass is 10.1. The van der Waals surface area contributed by atoms with Gasteiger partial charge < -0.3 is 25.8 Å². The van der Waals surface area contributed by atoms with Gasteiger partial charge in [0, 0.05) is 0 Å². The van der Waals surface area contributed by atoms with E-state index >= 15 is 0 Å². The number of nitrogens with two attached hydrogens (primary N) is 1. The summed E-state index contributed by atoms with van der Waals surface area (Å²) in [5, 5.41) is 23.3. The Kier molecular flexibility index (Phi) is 4.53. The van der Waals surface area contributed by atoms with Crippen LogP contribution in [0.4, 0.5) is 19.0 Å². The van der Waals surface area contributed by atoms with Gasteiger partial charge in [-0.15, -0.1) is 0 Å². The van der Waals surface area contributed by atoms with Crippen molar-refractivity contribution < 1.29 is 33.2 Å². The number of thioether (sulfide) groups is 1. The molecule has 0 aromatic carbocycles. The Morgan fingerprint density at radius 1 is 1.36 bits per heavy atom. The molecule has 13 heteroatoms. The molecule has 1 fully saturated rings. The average molecular weight is 381 g/mol. The summed E-state index contributed by atoms with van der Waals surface area (Å²) in [6.45, 7) is -2.80. The number of aliphatic hydroxyl groups is 3. The van der Waals surface area contributed by atoms with E-state index in [0.29, 0.717) is 0 Å². The lowest BCUT2D eigenvalue weighted by Gasteiger charge is -2.34. The SMILES string of the molecule is Nc1ncnc2c1ncn2[C@]1(SC(F)(F)CF)O[C@H](CO)[C@@H](O)[C@H]1O. The maximum Gasteiger partial charge on any atom is 0.326 e. The minimum Gasteiger partial charge on any atom is -0.394 e. The van der Waals surface area contributed by atoms with Crippen LogP contribution in [0.15, 0.2) is 12.7 Å². The molecule has 25 heavy (non-hydrogen) atoms. The number of rotatable bonds is 5. The molecule has 1 aliphatic heterocycles. The fraction of sp³-hybridized carbons (Fsp3) is 0.583. The maximum absolute atomic E-state index is 13.8. The molecule has 0 bridgehead atoms. The van der Waals surface area contributed by atoms with Crippen LogP contribution >= 0.6 is 11.8 Å². The Morgan fingerprint density at radius 2 is 2.08 bits per heavy atom. The molecule has 3 heterocycles. The van der Waals surface area contributed by atoms with Crippen molar-refractivity contribution in [3.05, 3.63) is 12.7 Å². The first-order valence-electron chi connectivity index (χ1n) is 6.98. The standard InChI is InChI=1S/C12H14F3N5O4S/c13-2-11(14,15)25-12(8(23)7(22)5(1-21)24-12)20-4-19-6-9(16)17-3-18-10(6)20/h3-5,7-8,21-23H,1-2H2,(H2,16,17,18)/t5-,7-,8-,12+/m1/s1. The highest BCUT2D eigenvalue weighted by atomic mass is 32.2. The topological polar surface area (TPSA) is 140 Å². The van der Waals surface area contributed by atoms with Gasteiger partial charge in [0.1, 0.15) is 36.5 Å². The van der Waals surface area contributed by atoms with Gasteiger partial charge in [0.25, 0.3) is 0 Å². The molecule has 2 aromatic rings. The van der Waals surface area contributed by atoms with Crippen LogP contribution in [0.25, 0.3) is 11.2 Å². The molecule has 9 nitrogen and oxygen atoms in total. The van der Waals surface area contributed by atoms with Crippen LogP contribution in [-0.2, 0) is 9.79 Å². The average Bonchev–Trinajstić information content (AvgIpc) is 3.11. The van der Waals surface area contributed by atoms with Crippen LogP contribution in [0.3, 0.4) is 0 Å². The molecule has 1 saturated heterocycles. The van der Waals surface area contributed by atoms with E-state index in [9.17, 15) is 28.5 Å². The van der Waals surface area contributed by atoms with E-state index in [-0.39, 0.29) is 28.7 Å². The zero-order valence-electron chi connectivity index (χ0n) is 12.5. The second-order valence-electron chi connectivity index (χ2n) is 5.32. The van der Waals surface area contributed by atoms with Gasteiger partial charge in [0.2, 0.25) is 5.06 Å². The summed E-state index contributed by atoms with van der Waals surface area (Å²) in [5.74, 6) is -0.0482. The molecule has 0 spiro atoms. The third-order valence-electron chi connectivity index (χ3n) is 3.73. The number of imidazole rings is 1. The number of aliphatic hydroxyl groups excluding tert-OH is 3. The van der Waals surface area contributed by atoms with Crippen LogP contribution in [0.5, 0.6) is 0 Å². The molecule has 3 rings (SSSR count). The molecule has 1 aliphatic rings. The Balaban J connectivity index is 2.19. The van der Waals surface area contributed by atoms with Gasteiger partial charge in [-0.1, -0.05) is 0 Å². The normalized spacial score (nSPS) is 30.2. The molecular weight excluding hydrogens is 367 g/mol. The monoisotopic (exact) mass is 381 g/mol. The number of hydrogen-bond acceptors (Lipinski definition) is 9. The molecule has 0 amide bonds. The van der Waals surface area contributed by atoms with E-state index in [2.05, 4.69) is 15.0 Å². The summed E-state index contributed by atoms with van der Waals surface area (Å²) < 4.78 is 46.6. The van der Waals surface area contributed by atoms with Crippen molar-refractivity contribution in [3.63, 3.8) is 0 Å². The first-order chi connectivity index (χ1) is 11.8. The molecular formula is C12H14F3N5O4S. The highest BCUT2D eigenvalue weighted by molar-refractivity contribution is 8.01. The number of halogens is 3. The van der Waals surface area contributed by atoms with Crippen molar-refractivity contribution in [2.75, 3.05) is 19.0 Å². The molecule has 0 aliphatic carbocycles. The largest absolute Gasteiger partial charge is 0.394 e. The fourth-order valence-corrected chi connectivity index (χ4v) is 3.72. The zero-order chi connectivity index (χ0) is 18.4. The van der Waals surface area contributed by atoms with E-state index in [4.69, 9.17) is 10.5 Å². The summed E-state index contributed by atoms with van der Waals surface area (Å²) in [7, 11) is 0. The lowest BCUT2D eigenvalue weighted by Crippen LogP contribution is -2.45. The minimum absolute atomic E-state index is 0.0452. The van der Waals surface area contributed by atoms with E-state index in [1.165, 1.54) is 0 Å². The van der Waals surface area contributed by atoms with Gasteiger partial charge >= 0.3 is 5.25 Å². The maximum atomic E-state index is 13.8. The van der Waals surface area contributed by atoms with Crippen molar-refractivity contribution >= 4 is 28.7 Å². The van der Waals surface area contributed by atoms with Crippen LogP contribution < -0.4 is 5.73 Å². The zero-order valence-corrected chi connectivity index (χ0v) is 13.3. The Bertz CT molecular complexity index is 780. The number of hydrogen-bond donors (Lipinski definition) is 4. The number of fused-ring (bicyclic) bond motifs is 1. The Labute approximate surface area is 142 Å². The molecule has 5 N–H and O–H groups in total. The van der Waals surface area contributed by atoms with E-state index < -0.39 is 41.9 Å². The van der Waals surface area contributed by atoms with Crippen molar-refractivity contribution in [1.82, 2.24) is 19.5 Å². The fourth-order valence-electron chi connectivity index (χ4n) is 2.58. The van der Waals surface area contributed by atoms with E-state index in [1.807, 2.05) is 0 Å². The number of nitrogen functional groups attached to an aromatic ring is 1. The predicted octanol–water partition coefficient (Wildman–Crippen LogP) is -0.573. The molecule has 0 saturated carbocycles. The number of ether oxygens (including phenoxy) is 1. The van der Waals surface area contributed by atoms with Gasteiger partial charge in [-0.25, -0.2) is 19.3 Å². The summed E-state index contributed by atoms with van der Waals surface area (Å²) in [6, 6.07) is 0. The van der Waals surface area contributed by atoms with Gasteiger partial charge in [-0.2, -0.15) is 8.78 Å². The second-order valence-corrected chi connectivity index (χ2v) is 6.71. The van der Waals surface area contributed by atoms with E-state index in [0.717, 1.165) is 17.2 Å². The molecule has 2 aromatic heterocycles. The van der Waals surface area contributed by atoms with Crippen LogP contribution in [0, 0.1) is 0 Å². The van der Waals surface area contributed by atoms with Crippen molar-refractivity contribution in [1.29, 1.82) is 0 Å². The first kappa shape index (κ1) is 18.1. The third kappa shape index (κ3) is 2.81. The van der Waals surface area contributed by atoms with Gasteiger partial charge in [0.05, 0.1) is 6.61 Å². The molecule has 138 valence electrons. The first-order valence-corrected chi connectivity index (χ1v) is 7.80. The lowest BCUT2D eigenvalue weighted by molar-refractivity contribution is -0.0828. The van der Waals surface area contributed by atoms with Gasteiger partial charge in [0.15, 0.2) is 18.1 Å². The van der Waals surface area contributed by atoms with Crippen LogP contribution in [0.2, 0.25) is 0 Å². The predicted molar refractivity (Wildman–Crippen MR) is 80.2 cm³/mol. The summed E-state index contributed by atoms with van der Waals surface area (Å²) in [4.78, 5) is 11.5. The quantitative estimate of drug-likeness (QED) is 0.536.